The number of carbonyl (C=O) groups excluding carboxylic acids is 1. The van der Waals surface area contributed by atoms with E-state index in [2.05, 4.69) is 10.0 Å². The molecule has 0 bridgehead atoms. The fourth-order valence-electron chi connectivity index (χ4n) is 1.72. The summed E-state index contributed by atoms with van der Waals surface area (Å²) in [5.41, 5.74) is 0.690. The second-order valence-corrected chi connectivity index (χ2v) is 6.68. The lowest BCUT2D eigenvalue weighted by atomic mass is 10.2. The molecule has 0 aliphatic heterocycles. The third-order valence-electron chi connectivity index (χ3n) is 2.98. The van der Waals surface area contributed by atoms with Gasteiger partial charge in [-0.1, -0.05) is 0 Å². The summed E-state index contributed by atoms with van der Waals surface area (Å²) in [6, 6.07) is 8.73. The highest BCUT2D eigenvalue weighted by Gasteiger charge is 2.10. The van der Waals surface area contributed by atoms with Crippen LogP contribution in [0.15, 0.2) is 42.5 Å². The van der Waals surface area contributed by atoms with E-state index < -0.39 is 27.6 Å². The molecule has 0 radical (unpaired) electrons. The Balaban J connectivity index is 2.09. The van der Waals surface area contributed by atoms with Crippen molar-refractivity contribution in [1.29, 1.82) is 0 Å². The molecule has 5 nitrogen and oxygen atoms in total. The smallest absolute Gasteiger partial charge is 0.255 e. The standard InChI is InChI=1S/C15H14F2N2O3S/c1-2-23(21,22)19-11-5-3-10(4-6-11)15(20)18-12-7-8-13(16)14(17)9-12/h3-9,19H,2H2,1H3,(H,18,20). The Labute approximate surface area is 132 Å². The Hall–Kier alpha value is -2.48. The highest BCUT2D eigenvalue weighted by Crippen LogP contribution is 2.16. The van der Waals surface area contributed by atoms with Gasteiger partial charge in [-0.15, -0.1) is 0 Å². The van der Waals surface area contributed by atoms with Gasteiger partial charge in [-0.2, -0.15) is 0 Å². The number of amides is 1. The van der Waals surface area contributed by atoms with Crippen molar-refractivity contribution < 1.29 is 22.0 Å². The largest absolute Gasteiger partial charge is 0.322 e. The number of carbonyl (C=O) groups is 1. The monoisotopic (exact) mass is 340 g/mol. The van der Waals surface area contributed by atoms with Crippen LogP contribution in [0.3, 0.4) is 0 Å². The number of anilines is 2. The predicted molar refractivity (Wildman–Crippen MR) is 83.8 cm³/mol. The highest BCUT2D eigenvalue weighted by molar-refractivity contribution is 7.92. The number of hydrogen-bond acceptors (Lipinski definition) is 3. The molecule has 0 aliphatic carbocycles. The lowest BCUT2D eigenvalue weighted by Gasteiger charge is -2.08. The third-order valence-corrected chi connectivity index (χ3v) is 4.28. The van der Waals surface area contributed by atoms with Crippen LogP contribution in [-0.2, 0) is 10.0 Å². The number of halogens is 2. The maximum absolute atomic E-state index is 13.1. The Morgan fingerprint density at radius 2 is 1.61 bits per heavy atom. The molecule has 122 valence electrons. The average Bonchev–Trinajstić information content (AvgIpc) is 2.51. The SMILES string of the molecule is CCS(=O)(=O)Nc1ccc(C(=O)Nc2ccc(F)c(F)c2)cc1. The molecule has 1 amide bonds. The molecule has 2 aromatic rings. The third kappa shape index (κ3) is 4.49. The molecule has 23 heavy (non-hydrogen) atoms. The van der Waals surface area contributed by atoms with Crippen molar-refractivity contribution in [2.45, 2.75) is 6.92 Å². The van der Waals surface area contributed by atoms with Gasteiger partial charge in [0.05, 0.1) is 5.75 Å². The molecule has 2 N–H and O–H groups in total. The van der Waals surface area contributed by atoms with E-state index in [0.717, 1.165) is 12.1 Å². The number of nitrogens with one attached hydrogen (secondary N) is 2. The summed E-state index contributed by atoms with van der Waals surface area (Å²) in [5.74, 6) is -2.66. The molecule has 2 rings (SSSR count). The average molecular weight is 340 g/mol. The first-order valence-electron chi connectivity index (χ1n) is 6.67. The van der Waals surface area contributed by atoms with E-state index in [1.54, 1.807) is 0 Å². The van der Waals surface area contributed by atoms with Crippen LogP contribution in [0.25, 0.3) is 0 Å². The number of benzene rings is 2. The fraction of sp³-hybridized carbons (Fsp3) is 0.133. The molecule has 0 spiro atoms. The van der Waals surface area contributed by atoms with Crippen LogP contribution in [0.1, 0.15) is 17.3 Å². The van der Waals surface area contributed by atoms with E-state index in [1.807, 2.05) is 0 Å². The van der Waals surface area contributed by atoms with Crippen molar-refractivity contribution in [2.75, 3.05) is 15.8 Å². The molecular weight excluding hydrogens is 326 g/mol. The van der Waals surface area contributed by atoms with Crippen molar-refractivity contribution in [3.05, 3.63) is 59.7 Å². The molecule has 8 heteroatoms. The summed E-state index contributed by atoms with van der Waals surface area (Å²) in [5, 5.41) is 2.42. The van der Waals surface area contributed by atoms with Gasteiger partial charge in [0.2, 0.25) is 10.0 Å². The van der Waals surface area contributed by atoms with Crippen molar-refractivity contribution in [2.24, 2.45) is 0 Å². The van der Waals surface area contributed by atoms with Crippen LogP contribution in [0.2, 0.25) is 0 Å². The van der Waals surface area contributed by atoms with Gasteiger partial charge in [0, 0.05) is 23.0 Å². The number of rotatable bonds is 5. The van der Waals surface area contributed by atoms with Gasteiger partial charge < -0.3 is 5.32 Å². The van der Waals surface area contributed by atoms with Gasteiger partial charge in [0.25, 0.3) is 5.91 Å². The van der Waals surface area contributed by atoms with E-state index in [1.165, 1.54) is 37.3 Å². The van der Waals surface area contributed by atoms with E-state index >= 15 is 0 Å². The molecule has 0 fully saturated rings. The number of sulfonamides is 1. The molecule has 0 saturated heterocycles. The highest BCUT2D eigenvalue weighted by atomic mass is 32.2. The Morgan fingerprint density at radius 3 is 2.17 bits per heavy atom. The first-order chi connectivity index (χ1) is 10.8. The van der Waals surface area contributed by atoms with Crippen molar-refractivity contribution in [3.63, 3.8) is 0 Å². The lowest BCUT2D eigenvalue weighted by molar-refractivity contribution is 0.102. The molecule has 2 aromatic carbocycles. The van der Waals surface area contributed by atoms with Gasteiger partial charge >= 0.3 is 0 Å². The molecular formula is C15H14F2N2O3S. The van der Waals surface area contributed by atoms with Gasteiger partial charge in [-0.25, -0.2) is 17.2 Å². The summed E-state index contributed by atoms with van der Waals surface area (Å²) in [4.78, 5) is 12.0. The van der Waals surface area contributed by atoms with Gasteiger partial charge in [0.15, 0.2) is 11.6 Å². The Morgan fingerprint density at radius 1 is 1.00 bits per heavy atom. The zero-order valence-electron chi connectivity index (χ0n) is 12.1. The minimum atomic E-state index is -3.39. The first kappa shape index (κ1) is 16.9. The van der Waals surface area contributed by atoms with Crippen LogP contribution in [0.4, 0.5) is 20.2 Å². The minimum Gasteiger partial charge on any atom is -0.322 e. The molecule has 0 aromatic heterocycles. The van der Waals surface area contributed by atoms with Crippen LogP contribution < -0.4 is 10.0 Å². The quantitative estimate of drug-likeness (QED) is 0.879. The predicted octanol–water partition coefficient (Wildman–Crippen LogP) is 2.98. The van der Waals surface area contributed by atoms with E-state index in [4.69, 9.17) is 0 Å². The summed E-state index contributed by atoms with van der Waals surface area (Å²) >= 11 is 0. The van der Waals surface area contributed by atoms with Crippen molar-refractivity contribution >= 4 is 27.3 Å². The van der Waals surface area contributed by atoms with Crippen LogP contribution in [0, 0.1) is 11.6 Å². The second kappa shape index (κ2) is 6.74. The Bertz CT molecular complexity index is 821. The fourth-order valence-corrected chi connectivity index (χ4v) is 2.36. The molecule has 0 aliphatic rings. The summed E-state index contributed by atoms with van der Waals surface area (Å²) in [6.07, 6.45) is 0. The summed E-state index contributed by atoms with van der Waals surface area (Å²) in [6.45, 7) is 1.51. The zero-order chi connectivity index (χ0) is 17.0. The molecule has 0 unspecified atom stereocenters. The molecule has 0 atom stereocenters. The number of hydrogen-bond donors (Lipinski definition) is 2. The first-order valence-corrected chi connectivity index (χ1v) is 8.33. The van der Waals surface area contributed by atoms with Gasteiger partial charge in [0.1, 0.15) is 0 Å². The summed E-state index contributed by atoms with van der Waals surface area (Å²) < 4.78 is 51.1. The van der Waals surface area contributed by atoms with E-state index in [9.17, 15) is 22.0 Å². The van der Waals surface area contributed by atoms with Crippen LogP contribution >= 0.6 is 0 Å². The maximum atomic E-state index is 13.1. The van der Waals surface area contributed by atoms with Crippen LogP contribution in [0.5, 0.6) is 0 Å². The topological polar surface area (TPSA) is 75.3 Å². The Kier molecular flexibility index (Phi) is 4.95. The van der Waals surface area contributed by atoms with E-state index in [-0.39, 0.29) is 17.0 Å². The van der Waals surface area contributed by atoms with Crippen LogP contribution in [-0.4, -0.2) is 20.1 Å². The molecule has 0 saturated carbocycles. The van der Waals surface area contributed by atoms with Gasteiger partial charge in [-0.3, -0.25) is 9.52 Å². The maximum Gasteiger partial charge on any atom is 0.255 e. The van der Waals surface area contributed by atoms with Gasteiger partial charge in [-0.05, 0) is 43.3 Å². The lowest BCUT2D eigenvalue weighted by Crippen LogP contribution is -2.15. The zero-order valence-corrected chi connectivity index (χ0v) is 13.0. The van der Waals surface area contributed by atoms with Crippen molar-refractivity contribution in [1.82, 2.24) is 0 Å². The normalized spacial score (nSPS) is 11.1. The second-order valence-electron chi connectivity index (χ2n) is 4.67. The molecule has 0 heterocycles. The van der Waals surface area contributed by atoms with E-state index in [0.29, 0.717) is 5.69 Å². The summed E-state index contributed by atoms with van der Waals surface area (Å²) in [7, 11) is -3.39. The van der Waals surface area contributed by atoms with Crippen molar-refractivity contribution in [3.8, 4) is 0 Å². The minimum absolute atomic E-state index is 0.0641.